The van der Waals surface area contributed by atoms with Crippen LogP contribution in [-0.4, -0.2) is 24.2 Å². The lowest BCUT2D eigenvalue weighted by atomic mass is 10.1. The molecule has 1 heterocycles. The van der Waals surface area contributed by atoms with Crippen LogP contribution in [0.15, 0.2) is 42.7 Å². The van der Waals surface area contributed by atoms with Gasteiger partial charge in [0.1, 0.15) is 11.9 Å². The molecule has 18 heavy (non-hydrogen) atoms. The van der Waals surface area contributed by atoms with E-state index in [9.17, 15) is 8.42 Å². The van der Waals surface area contributed by atoms with E-state index in [1.54, 1.807) is 17.0 Å². The summed E-state index contributed by atoms with van der Waals surface area (Å²) in [5.74, 6) is 0.659. The molecule has 0 amide bonds. The van der Waals surface area contributed by atoms with Gasteiger partial charge in [-0.3, -0.25) is 0 Å². The van der Waals surface area contributed by atoms with E-state index >= 15 is 0 Å². The van der Waals surface area contributed by atoms with Gasteiger partial charge in [-0.2, -0.15) is 0 Å². The van der Waals surface area contributed by atoms with Gasteiger partial charge in [-0.15, -0.1) is 0 Å². The number of nitrogens with zero attached hydrogens (tertiary/aromatic N) is 2. The van der Waals surface area contributed by atoms with Crippen LogP contribution in [0.2, 0.25) is 0 Å². The zero-order valence-corrected chi connectivity index (χ0v) is 11.1. The van der Waals surface area contributed by atoms with Crippen molar-refractivity contribution in [3.8, 4) is 0 Å². The number of aryl methyl sites for hydroxylation is 1. The van der Waals surface area contributed by atoms with Crippen molar-refractivity contribution < 1.29 is 8.42 Å². The molecule has 1 atom stereocenters. The maximum absolute atomic E-state index is 11.5. The van der Waals surface area contributed by atoms with E-state index < -0.39 is 16.1 Å². The van der Waals surface area contributed by atoms with Crippen LogP contribution >= 0.6 is 0 Å². The van der Waals surface area contributed by atoms with Crippen molar-refractivity contribution >= 4 is 10.0 Å². The van der Waals surface area contributed by atoms with Gasteiger partial charge in [0.15, 0.2) is 0 Å². The fourth-order valence-corrected chi connectivity index (χ4v) is 2.45. The van der Waals surface area contributed by atoms with Gasteiger partial charge < -0.3 is 4.57 Å². The predicted molar refractivity (Wildman–Crippen MR) is 69.5 cm³/mol. The van der Waals surface area contributed by atoms with E-state index in [-0.39, 0.29) is 0 Å². The molecule has 0 radical (unpaired) electrons. The van der Waals surface area contributed by atoms with Gasteiger partial charge in [-0.05, 0) is 5.56 Å². The van der Waals surface area contributed by atoms with Crippen molar-refractivity contribution in [2.45, 2.75) is 6.04 Å². The molecule has 2 aromatic rings. The number of sulfonamides is 1. The van der Waals surface area contributed by atoms with Crippen LogP contribution in [0.4, 0.5) is 0 Å². The first-order valence-electron chi connectivity index (χ1n) is 5.47. The summed E-state index contributed by atoms with van der Waals surface area (Å²) < 4.78 is 27.4. The maximum atomic E-state index is 11.5. The van der Waals surface area contributed by atoms with Crippen molar-refractivity contribution in [3.05, 3.63) is 54.1 Å². The molecule has 0 bridgehead atoms. The van der Waals surface area contributed by atoms with E-state index in [1.807, 2.05) is 37.4 Å². The number of aromatic nitrogens is 2. The second-order valence-electron chi connectivity index (χ2n) is 4.13. The SMILES string of the molecule is Cn1ccnc1C(NS(C)(=O)=O)c1ccccc1. The molecule has 0 spiro atoms. The number of rotatable bonds is 4. The Labute approximate surface area is 107 Å². The van der Waals surface area contributed by atoms with Gasteiger partial charge in [-0.25, -0.2) is 18.1 Å². The van der Waals surface area contributed by atoms with Gasteiger partial charge in [0.05, 0.1) is 6.26 Å². The third-order valence-electron chi connectivity index (χ3n) is 2.58. The van der Waals surface area contributed by atoms with E-state index in [0.29, 0.717) is 5.82 Å². The summed E-state index contributed by atoms with van der Waals surface area (Å²) in [6.07, 6.45) is 4.58. The molecule has 1 N–H and O–H groups in total. The average Bonchev–Trinajstić information content (AvgIpc) is 2.72. The topological polar surface area (TPSA) is 64.0 Å². The zero-order valence-electron chi connectivity index (χ0n) is 10.2. The molecule has 2 rings (SSSR count). The minimum absolute atomic E-state index is 0.471. The molecular formula is C12H15N3O2S. The van der Waals surface area contributed by atoms with Crippen LogP contribution in [0.5, 0.6) is 0 Å². The summed E-state index contributed by atoms with van der Waals surface area (Å²) in [5, 5.41) is 0. The molecular weight excluding hydrogens is 250 g/mol. The molecule has 1 unspecified atom stereocenters. The van der Waals surface area contributed by atoms with Crippen molar-refractivity contribution in [3.63, 3.8) is 0 Å². The lowest BCUT2D eigenvalue weighted by molar-refractivity contribution is 0.568. The largest absolute Gasteiger partial charge is 0.336 e. The molecule has 5 nitrogen and oxygen atoms in total. The molecule has 96 valence electrons. The van der Waals surface area contributed by atoms with E-state index in [0.717, 1.165) is 11.8 Å². The smallest absolute Gasteiger partial charge is 0.209 e. The first-order chi connectivity index (χ1) is 8.47. The second kappa shape index (κ2) is 4.91. The minimum Gasteiger partial charge on any atom is -0.336 e. The highest BCUT2D eigenvalue weighted by atomic mass is 32.2. The highest BCUT2D eigenvalue weighted by Gasteiger charge is 2.21. The van der Waals surface area contributed by atoms with E-state index in [4.69, 9.17) is 0 Å². The third-order valence-corrected chi connectivity index (χ3v) is 3.25. The van der Waals surface area contributed by atoms with Crippen LogP contribution in [0.25, 0.3) is 0 Å². The van der Waals surface area contributed by atoms with Gasteiger partial charge in [0, 0.05) is 19.4 Å². The lowest BCUT2D eigenvalue weighted by Gasteiger charge is -2.17. The monoisotopic (exact) mass is 265 g/mol. The Morgan fingerprint density at radius 1 is 1.28 bits per heavy atom. The molecule has 0 aliphatic heterocycles. The molecule has 0 fully saturated rings. The Hall–Kier alpha value is -1.66. The van der Waals surface area contributed by atoms with E-state index in [2.05, 4.69) is 9.71 Å². The first kappa shape index (κ1) is 12.8. The second-order valence-corrected chi connectivity index (χ2v) is 5.91. The summed E-state index contributed by atoms with van der Waals surface area (Å²) in [7, 11) is -1.48. The molecule has 0 saturated carbocycles. The Morgan fingerprint density at radius 2 is 1.94 bits per heavy atom. The van der Waals surface area contributed by atoms with Gasteiger partial charge in [0.2, 0.25) is 10.0 Å². The highest BCUT2D eigenvalue weighted by Crippen LogP contribution is 2.20. The van der Waals surface area contributed by atoms with Crippen LogP contribution < -0.4 is 4.72 Å². The predicted octanol–water partition coefficient (Wildman–Crippen LogP) is 1.06. The fourth-order valence-electron chi connectivity index (χ4n) is 1.78. The van der Waals surface area contributed by atoms with Crippen LogP contribution in [0, 0.1) is 0 Å². The van der Waals surface area contributed by atoms with Gasteiger partial charge >= 0.3 is 0 Å². The lowest BCUT2D eigenvalue weighted by Crippen LogP contribution is -2.30. The van der Waals surface area contributed by atoms with Crippen molar-refractivity contribution in [2.75, 3.05) is 6.26 Å². The van der Waals surface area contributed by atoms with Crippen LogP contribution in [-0.2, 0) is 17.1 Å². The van der Waals surface area contributed by atoms with Crippen LogP contribution in [0.3, 0.4) is 0 Å². The summed E-state index contributed by atoms with van der Waals surface area (Å²) in [6, 6.07) is 8.90. The molecule has 1 aromatic heterocycles. The standard InChI is InChI=1S/C12H15N3O2S/c1-15-9-8-13-12(15)11(14-18(2,16)17)10-6-4-3-5-7-10/h3-9,11,14H,1-2H3. The molecule has 6 heteroatoms. The van der Waals surface area contributed by atoms with Gasteiger partial charge in [0.25, 0.3) is 0 Å². The summed E-state index contributed by atoms with van der Waals surface area (Å²) >= 11 is 0. The Morgan fingerprint density at radius 3 is 2.44 bits per heavy atom. The average molecular weight is 265 g/mol. The summed E-state index contributed by atoms with van der Waals surface area (Å²) in [4.78, 5) is 4.21. The Balaban J connectivity index is 2.45. The quantitative estimate of drug-likeness (QED) is 0.899. The maximum Gasteiger partial charge on any atom is 0.209 e. The Bertz CT molecular complexity index is 620. The number of benzene rings is 1. The number of imidazole rings is 1. The number of hydrogen-bond donors (Lipinski definition) is 1. The molecule has 1 aromatic carbocycles. The third kappa shape index (κ3) is 2.96. The van der Waals surface area contributed by atoms with Crippen LogP contribution in [0.1, 0.15) is 17.4 Å². The number of hydrogen-bond acceptors (Lipinski definition) is 3. The fraction of sp³-hybridized carbons (Fsp3) is 0.250. The normalized spacial score (nSPS) is 13.4. The number of nitrogens with one attached hydrogen (secondary N) is 1. The van der Waals surface area contributed by atoms with E-state index in [1.165, 1.54) is 0 Å². The molecule has 0 aliphatic rings. The summed E-state index contributed by atoms with van der Waals surface area (Å²) in [5.41, 5.74) is 0.859. The van der Waals surface area contributed by atoms with Crippen molar-refractivity contribution in [1.29, 1.82) is 0 Å². The van der Waals surface area contributed by atoms with Crippen molar-refractivity contribution in [2.24, 2.45) is 7.05 Å². The zero-order chi connectivity index (χ0) is 13.2. The van der Waals surface area contributed by atoms with Crippen molar-refractivity contribution in [1.82, 2.24) is 14.3 Å². The Kier molecular flexibility index (Phi) is 3.49. The molecule has 0 aliphatic carbocycles. The highest BCUT2D eigenvalue weighted by molar-refractivity contribution is 7.88. The molecule has 0 saturated heterocycles. The summed E-state index contributed by atoms with van der Waals surface area (Å²) in [6.45, 7) is 0. The first-order valence-corrected chi connectivity index (χ1v) is 7.36. The van der Waals surface area contributed by atoms with Gasteiger partial charge in [-0.1, -0.05) is 30.3 Å². The minimum atomic E-state index is -3.32.